The van der Waals surface area contributed by atoms with E-state index in [1.165, 1.54) is 19.3 Å². The van der Waals surface area contributed by atoms with Gasteiger partial charge < -0.3 is 10.6 Å². The van der Waals surface area contributed by atoms with Gasteiger partial charge in [0.05, 0.1) is 0 Å². The predicted octanol–water partition coefficient (Wildman–Crippen LogP) is 1.37. The summed E-state index contributed by atoms with van der Waals surface area (Å²) in [7, 11) is 0. The average Bonchev–Trinajstić information content (AvgIpc) is 2.40. The van der Waals surface area contributed by atoms with Crippen molar-refractivity contribution in [2.24, 2.45) is 5.73 Å². The smallest absolute Gasteiger partial charge is 0.224 e. The number of carbonyl (C=O) groups excluding carboxylic acids is 1. The van der Waals surface area contributed by atoms with Gasteiger partial charge in [-0.05, 0) is 12.8 Å². The number of nitrogens with zero attached hydrogens (tertiary/aromatic N) is 2. The highest BCUT2D eigenvalue weighted by Crippen LogP contribution is 2.29. The van der Waals surface area contributed by atoms with Crippen molar-refractivity contribution in [3.63, 3.8) is 0 Å². The normalized spacial score (nSPS) is 24.2. The van der Waals surface area contributed by atoms with E-state index in [1.54, 1.807) is 0 Å². The standard InChI is InChI=1S/C15H27N3O/c1-2-8-17-9-11-18(12-10-17)14(19)13-15(16)6-4-3-5-7-15/h2H,1,3-13,16H2. The maximum atomic E-state index is 12.3. The van der Waals surface area contributed by atoms with E-state index in [4.69, 9.17) is 5.73 Å². The Morgan fingerprint density at radius 1 is 1.16 bits per heavy atom. The Bertz CT molecular complexity index is 315. The first-order valence-electron chi connectivity index (χ1n) is 7.53. The molecule has 0 aromatic rings. The van der Waals surface area contributed by atoms with Crippen LogP contribution in [-0.2, 0) is 4.79 Å². The Kier molecular flexibility index (Phi) is 4.99. The Hall–Kier alpha value is -0.870. The number of hydrogen-bond donors (Lipinski definition) is 1. The maximum Gasteiger partial charge on any atom is 0.224 e. The van der Waals surface area contributed by atoms with Crippen molar-refractivity contribution in [3.05, 3.63) is 12.7 Å². The fourth-order valence-electron chi connectivity index (χ4n) is 3.21. The second kappa shape index (κ2) is 6.53. The summed E-state index contributed by atoms with van der Waals surface area (Å²) < 4.78 is 0. The minimum Gasteiger partial charge on any atom is -0.340 e. The number of hydrogen-bond acceptors (Lipinski definition) is 3. The molecule has 1 saturated heterocycles. The molecule has 1 amide bonds. The van der Waals surface area contributed by atoms with Crippen molar-refractivity contribution in [2.45, 2.75) is 44.1 Å². The summed E-state index contributed by atoms with van der Waals surface area (Å²) in [6.07, 6.45) is 8.11. The lowest BCUT2D eigenvalue weighted by atomic mass is 9.80. The van der Waals surface area contributed by atoms with Crippen molar-refractivity contribution < 1.29 is 4.79 Å². The predicted molar refractivity (Wildman–Crippen MR) is 77.8 cm³/mol. The lowest BCUT2D eigenvalue weighted by Crippen LogP contribution is -2.52. The molecule has 1 aliphatic carbocycles. The van der Waals surface area contributed by atoms with Crippen molar-refractivity contribution in [1.82, 2.24) is 9.80 Å². The van der Waals surface area contributed by atoms with E-state index in [2.05, 4.69) is 11.5 Å². The average molecular weight is 265 g/mol. The Morgan fingerprint density at radius 3 is 2.37 bits per heavy atom. The van der Waals surface area contributed by atoms with Crippen molar-refractivity contribution in [2.75, 3.05) is 32.7 Å². The highest BCUT2D eigenvalue weighted by molar-refractivity contribution is 5.77. The zero-order chi connectivity index (χ0) is 13.7. The van der Waals surface area contributed by atoms with Gasteiger partial charge in [-0.2, -0.15) is 0 Å². The van der Waals surface area contributed by atoms with Crippen molar-refractivity contribution >= 4 is 5.91 Å². The van der Waals surface area contributed by atoms with Gasteiger partial charge in [0, 0.05) is 44.7 Å². The molecule has 1 aliphatic heterocycles. The maximum absolute atomic E-state index is 12.3. The zero-order valence-corrected chi connectivity index (χ0v) is 11.9. The molecule has 0 spiro atoms. The lowest BCUT2D eigenvalue weighted by molar-refractivity contribution is -0.134. The SMILES string of the molecule is C=CCN1CCN(C(=O)CC2(N)CCCCC2)CC1. The van der Waals surface area contributed by atoms with Gasteiger partial charge in [-0.25, -0.2) is 0 Å². The third kappa shape index (κ3) is 4.05. The van der Waals surface area contributed by atoms with Gasteiger partial charge in [-0.15, -0.1) is 6.58 Å². The van der Waals surface area contributed by atoms with E-state index < -0.39 is 0 Å². The van der Waals surface area contributed by atoms with E-state index in [9.17, 15) is 4.79 Å². The molecule has 1 saturated carbocycles. The van der Waals surface area contributed by atoms with Crippen molar-refractivity contribution in [1.29, 1.82) is 0 Å². The quantitative estimate of drug-likeness (QED) is 0.781. The van der Waals surface area contributed by atoms with E-state index in [0.29, 0.717) is 6.42 Å². The third-order valence-electron chi connectivity index (χ3n) is 4.46. The molecule has 0 radical (unpaired) electrons. The number of piperazine rings is 1. The van der Waals surface area contributed by atoms with Gasteiger partial charge in [0.2, 0.25) is 5.91 Å². The van der Waals surface area contributed by atoms with E-state index in [0.717, 1.165) is 45.6 Å². The molecule has 108 valence electrons. The lowest BCUT2D eigenvalue weighted by Gasteiger charge is -2.38. The molecule has 2 N–H and O–H groups in total. The molecule has 0 atom stereocenters. The third-order valence-corrected chi connectivity index (χ3v) is 4.46. The number of carbonyl (C=O) groups is 1. The molecule has 19 heavy (non-hydrogen) atoms. The molecule has 2 rings (SSSR count). The number of nitrogens with two attached hydrogens (primary N) is 1. The van der Waals surface area contributed by atoms with Gasteiger partial charge >= 0.3 is 0 Å². The van der Waals surface area contributed by atoms with Crippen LogP contribution >= 0.6 is 0 Å². The van der Waals surface area contributed by atoms with Gasteiger partial charge in [0.15, 0.2) is 0 Å². The molecule has 2 aliphatic rings. The first-order chi connectivity index (χ1) is 9.13. The first-order valence-corrected chi connectivity index (χ1v) is 7.53. The molecule has 2 fully saturated rings. The topological polar surface area (TPSA) is 49.6 Å². The van der Waals surface area contributed by atoms with Gasteiger partial charge in [0.25, 0.3) is 0 Å². The summed E-state index contributed by atoms with van der Waals surface area (Å²) in [5.41, 5.74) is 6.14. The molecular formula is C15H27N3O. The summed E-state index contributed by atoms with van der Waals surface area (Å²) in [5.74, 6) is 0.252. The van der Waals surface area contributed by atoms with Gasteiger partial charge in [-0.3, -0.25) is 9.69 Å². The van der Waals surface area contributed by atoms with Gasteiger partial charge in [-0.1, -0.05) is 25.3 Å². The van der Waals surface area contributed by atoms with E-state index in [-0.39, 0.29) is 11.4 Å². The number of rotatable bonds is 4. The number of amides is 1. The largest absolute Gasteiger partial charge is 0.340 e. The summed E-state index contributed by atoms with van der Waals surface area (Å²) in [6.45, 7) is 8.26. The van der Waals surface area contributed by atoms with E-state index >= 15 is 0 Å². The highest BCUT2D eigenvalue weighted by atomic mass is 16.2. The minimum atomic E-state index is -0.229. The second-order valence-electron chi connectivity index (χ2n) is 6.07. The minimum absolute atomic E-state index is 0.229. The summed E-state index contributed by atoms with van der Waals surface area (Å²) in [6, 6.07) is 0. The highest BCUT2D eigenvalue weighted by Gasteiger charge is 2.32. The monoisotopic (exact) mass is 265 g/mol. The second-order valence-corrected chi connectivity index (χ2v) is 6.07. The first kappa shape index (κ1) is 14.5. The van der Waals surface area contributed by atoms with Crippen LogP contribution in [0.3, 0.4) is 0 Å². The van der Waals surface area contributed by atoms with E-state index in [1.807, 2.05) is 11.0 Å². The summed E-state index contributed by atoms with van der Waals surface area (Å²) >= 11 is 0. The fourth-order valence-corrected chi connectivity index (χ4v) is 3.21. The molecule has 0 bridgehead atoms. The van der Waals surface area contributed by atoms with Crippen LogP contribution in [0.2, 0.25) is 0 Å². The van der Waals surface area contributed by atoms with Crippen LogP contribution in [0.5, 0.6) is 0 Å². The van der Waals surface area contributed by atoms with Crippen LogP contribution in [0.4, 0.5) is 0 Å². The van der Waals surface area contributed by atoms with Crippen LogP contribution in [-0.4, -0.2) is 54.0 Å². The van der Waals surface area contributed by atoms with Crippen LogP contribution in [0, 0.1) is 0 Å². The molecule has 0 aromatic carbocycles. The molecule has 4 nitrogen and oxygen atoms in total. The molecular weight excluding hydrogens is 238 g/mol. The Labute approximate surface area is 116 Å². The van der Waals surface area contributed by atoms with Crippen LogP contribution in [0.15, 0.2) is 12.7 Å². The summed E-state index contributed by atoms with van der Waals surface area (Å²) in [4.78, 5) is 16.7. The molecule has 1 heterocycles. The van der Waals surface area contributed by atoms with Crippen LogP contribution < -0.4 is 5.73 Å². The molecule has 4 heteroatoms. The van der Waals surface area contributed by atoms with Crippen LogP contribution in [0.1, 0.15) is 38.5 Å². The summed E-state index contributed by atoms with van der Waals surface area (Å²) in [5, 5.41) is 0. The van der Waals surface area contributed by atoms with Gasteiger partial charge in [0.1, 0.15) is 0 Å². The Balaban J connectivity index is 1.79. The zero-order valence-electron chi connectivity index (χ0n) is 11.9. The van der Waals surface area contributed by atoms with Crippen LogP contribution in [0.25, 0.3) is 0 Å². The molecule has 0 unspecified atom stereocenters. The molecule has 0 aromatic heterocycles. The van der Waals surface area contributed by atoms with Crippen molar-refractivity contribution in [3.8, 4) is 0 Å². The fraction of sp³-hybridized carbons (Fsp3) is 0.800. The Morgan fingerprint density at radius 2 is 1.79 bits per heavy atom.